The summed E-state index contributed by atoms with van der Waals surface area (Å²) < 4.78 is 13.8. The third-order valence-corrected chi connectivity index (χ3v) is 3.03. The maximum Gasteiger partial charge on any atom is 0.335 e. The van der Waals surface area contributed by atoms with Crippen LogP contribution in [0.1, 0.15) is 27.6 Å². The Labute approximate surface area is 121 Å². The fraction of sp³-hybridized carbons (Fsp3) is 0.357. The number of nitrogens with zero attached hydrogens (tertiary/aromatic N) is 1. The van der Waals surface area contributed by atoms with E-state index in [9.17, 15) is 18.8 Å². The highest BCUT2D eigenvalue weighted by Gasteiger charge is 2.21. The fourth-order valence-corrected chi connectivity index (χ4v) is 1.85. The van der Waals surface area contributed by atoms with Crippen LogP contribution in [0.3, 0.4) is 0 Å². The van der Waals surface area contributed by atoms with E-state index in [1.165, 1.54) is 19.0 Å². The van der Waals surface area contributed by atoms with Gasteiger partial charge in [-0.2, -0.15) is 0 Å². The van der Waals surface area contributed by atoms with Crippen LogP contribution < -0.4 is 5.32 Å². The molecule has 0 saturated carbocycles. The Morgan fingerprint density at radius 1 is 1.38 bits per heavy atom. The average Bonchev–Trinajstić information content (AvgIpc) is 2.45. The number of halogens is 1. The van der Waals surface area contributed by atoms with Crippen molar-refractivity contribution in [3.63, 3.8) is 0 Å². The normalized spacial score (nSPS) is 11.6. The molecule has 7 heteroatoms. The van der Waals surface area contributed by atoms with Crippen molar-refractivity contribution in [3.8, 4) is 0 Å². The quantitative estimate of drug-likeness (QED) is 0.848. The lowest BCUT2D eigenvalue weighted by atomic mass is 10.1. The summed E-state index contributed by atoms with van der Waals surface area (Å²) in [5, 5.41) is 11.2. The first kappa shape index (κ1) is 16.6. The highest BCUT2D eigenvalue weighted by atomic mass is 19.1. The Morgan fingerprint density at radius 2 is 2.00 bits per heavy atom. The molecule has 21 heavy (non-hydrogen) atoms. The van der Waals surface area contributed by atoms with Crippen molar-refractivity contribution >= 4 is 17.8 Å². The molecule has 1 rings (SSSR count). The number of carboxylic acid groups (broad SMARTS) is 1. The van der Waals surface area contributed by atoms with Crippen molar-refractivity contribution in [2.45, 2.75) is 6.92 Å². The Bertz CT molecular complexity index is 574. The summed E-state index contributed by atoms with van der Waals surface area (Å²) >= 11 is 0. The number of amides is 2. The van der Waals surface area contributed by atoms with Gasteiger partial charge in [0, 0.05) is 20.6 Å². The standard InChI is InChI=1S/C14H17FN2O4/c1-8(12(18)16-2)7-17(3)13(19)10-5-4-9(14(20)21)6-11(10)15/h4-6,8H,7H2,1-3H3,(H,16,18)(H,20,21). The van der Waals surface area contributed by atoms with Crippen molar-refractivity contribution < 1.29 is 23.9 Å². The molecule has 0 heterocycles. The van der Waals surface area contributed by atoms with Crippen molar-refractivity contribution in [1.82, 2.24) is 10.2 Å². The molecule has 2 N–H and O–H groups in total. The molecule has 0 radical (unpaired) electrons. The monoisotopic (exact) mass is 296 g/mol. The molecule has 0 saturated heterocycles. The van der Waals surface area contributed by atoms with Crippen LogP contribution in [0.5, 0.6) is 0 Å². The molecule has 114 valence electrons. The third kappa shape index (κ3) is 4.01. The molecule has 1 atom stereocenters. The van der Waals surface area contributed by atoms with Gasteiger partial charge < -0.3 is 15.3 Å². The van der Waals surface area contributed by atoms with Gasteiger partial charge in [0.05, 0.1) is 17.0 Å². The van der Waals surface area contributed by atoms with Crippen LogP contribution in [-0.4, -0.2) is 48.4 Å². The topological polar surface area (TPSA) is 86.7 Å². The molecule has 0 fully saturated rings. The largest absolute Gasteiger partial charge is 0.478 e. The molecule has 2 amide bonds. The molecule has 0 aliphatic rings. The van der Waals surface area contributed by atoms with E-state index in [0.717, 1.165) is 18.2 Å². The average molecular weight is 296 g/mol. The SMILES string of the molecule is CNC(=O)C(C)CN(C)C(=O)c1ccc(C(=O)O)cc1F. The Hall–Kier alpha value is -2.44. The maximum absolute atomic E-state index is 13.8. The van der Waals surface area contributed by atoms with Crippen LogP contribution in [0.15, 0.2) is 18.2 Å². The third-order valence-electron chi connectivity index (χ3n) is 3.03. The molecular weight excluding hydrogens is 279 g/mol. The van der Waals surface area contributed by atoms with E-state index < -0.39 is 23.6 Å². The summed E-state index contributed by atoms with van der Waals surface area (Å²) in [6.07, 6.45) is 0. The molecule has 0 aliphatic carbocycles. The fourth-order valence-electron chi connectivity index (χ4n) is 1.85. The zero-order valence-electron chi connectivity index (χ0n) is 12.0. The summed E-state index contributed by atoms with van der Waals surface area (Å²) in [4.78, 5) is 35.4. The molecular formula is C14H17FN2O4. The molecule has 6 nitrogen and oxygen atoms in total. The summed E-state index contributed by atoms with van der Waals surface area (Å²) in [7, 11) is 2.94. The second-order valence-electron chi connectivity index (χ2n) is 4.70. The predicted octanol–water partition coefficient (Wildman–Crippen LogP) is 0.978. The van der Waals surface area contributed by atoms with E-state index >= 15 is 0 Å². The van der Waals surface area contributed by atoms with E-state index in [4.69, 9.17) is 5.11 Å². The van der Waals surface area contributed by atoms with Gasteiger partial charge in [0.1, 0.15) is 5.82 Å². The van der Waals surface area contributed by atoms with E-state index in [1.54, 1.807) is 6.92 Å². The van der Waals surface area contributed by atoms with Gasteiger partial charge in [-0.05, 0) is 18.2 Å². The Kier molecular flexibility index (Phi) is 5.40. The van der Waals surface area contributed by atoms with Crippen molar-refractivity contribution in [2.75, 3.05) is 20.6 Å². The van der Waals surface area contributed by atoms with Gasteiger partial charge in [0.2, 0.25) is 5.91 Å². The first-order valence-corrected chi connectivity index (χ1v) is 6.27. The number of hydrogen-bond acceptors (Lipinski definition) is 3. The Balaban J connectivity index is 2.88. The first-order chi connectivity index (χ1) is 9.77. The van der Waals surface area contributed by atoms with Crippen LogP contribution in [0.2, 0.25) is 0 Å². The molecule has 0 aliphatic heterocycles. The summed E-state index contributed by atoms with van der Waals surface area (Å²) in [5.41, 5.74) is -0.461. The van der Waals surface area contributed by atoms with E-state index in [2.05, 4.69) is 5.32 Å². The molecule has 0 aromatic heterocycles. The number of benzene rings is 1. The lowest BCUT2D eigenvalue weighted by Gasteiger charge is -2.21. The van der Waals surface area contributed by atoms with Crippen LogP contribution in [0.25, 0.3) is 0 Å². The summed E-state index contributed by atoms with van der Waals surface area (Å²) in [6, 6.07) is 3.09. The minimum atomic E-state index is -1.27. The molecule has 0 bridgehead atoms. The minimum Gasteiger partial charge on any atom is -0.478 e. The zero-order valence-corrected chi connectivity index (χ0v) is 12.0. The van der Waals surface area contributed by atoms with E-state index in [1.807, 2.05) is 0 Å². The Morgan fingerprint density at radius 3 is 2.48 bits per heavy atom. The van der Waals surface area contributed by atoms with Gasteiger partial charge in [-0.15, -0.1) is 0 Å². The second-order valence-corrected chi connectivity index (χ2v) is 4.70. The summed E-state index contributed by atoms with van der Waals surface area (Å²) in [5.74, 6) is -3.45. The van der Waals surface area contributed by atoms with Crippen molar-refractivity contribution in [1.29, 1.82) is 0 Å². The number of carboxylic acids is 1. The van der Waals surface area contributed by atoms with Crippen LogP contribution >= 0.6 is 0 Å². The van der Waals surface area contributed by atoms with Crippen LogP contribution in [-0.2, 0) is 4.79 Å². The van der Waals surface area contributed by atoms with Crippen molar-refractivity contribution in [2.24, 2.45) is 5.92 Å². The van der Waals surface area contributed by atoms with Gasteiger partial charge in [0.15, 0.2) is 0 Å². The van der Waals surface area contributed by atoms with Crippen LogP contribution in [0.4, 0.5) is 4.39 Å². The van der Waals surface area contributed by atoms with Gasteiger partial charge >= 0.3 is 5.97 Å². The number of carbonyl (C=O) groups is 3. The lowest BCUT2D eigenvalue weighted by Crippen LogP contribution is -2.37. The number of aromatic carboxylic acids is 1. The second kappa shape index (κ2) is 6.83. The van der Waals surface area contributed by atoms with E-state index in [-0.39, 0.29) is 23.6 Å². The highest BCUT2D eigenvalue weighted by molar-refractivity contribution is 5.96. The van der Waals surface area contributed by atoms with Gasteiger partial charge in [0.25, 0.3) is 5.91 Å². The molecule has 1 unspecified atom stereocenters. The first-order valence-electron chi connectivity index (χ1n) is 6.27. The molecule has 1 aromatic rings. The summed E-state index contributed by atoms with van der Waals surface area (Å²) in [6.45, 7) is 1.77. The molecule has 1 aromatic carbocycles. The van der Waals surface area contributed by atoms with Gasteiger partial charge in [-0.25, -0.2) is 9.18 Å². The van der Waals surface area contributed by atoms with Gasteiger partial charge in [-0.3, -0.25) is 9.59 Å². The van der Waals surface area contributed by atoms with Crippen LogP contribution in [0, 0.1) is 11.7 Å². The smallest absolute Gasteiger partial charge is 0.335 e. The maximum atomic E-state index is 13.8. The predicted molar refractivity (Wildman–Crippen MR) is 73.6 cm³/mol. The zero-order chi connectivity index (χ0) is 16.2. The lowest BCUT2D eigenvalue weighted by molar-refractivity contribution is -0.124. The molecule has 0 spiro atoms. The minimum absolute atomic E-state index is 0.124. The van der Waals surface area contributed by atoms with Gasteiger partial charge in [-0.1, -0.05) is 6.92 Å². The number of carbonyl (C=O) groups excluding carboxylic acids is 2. The number of rotatable bonds is 5. The number of nitrogens with one attached hydrogen (secondary N) is 1. The number of hydrogen-bond donors (Lipinski definition) is 2. The van der Waals surface area contributed by atoms with E-state index in [0.29, 0.717) is 0 Å². The highest BCUT2D eigenvalue weighted by Crippen LogP contribution is 2.13. The van der Waals surface area contributed by atoms with Crippen molar-refractivity contribution in [3.05, 3.63) is 35.1 Å².